The van der Waals surface area contributed by atoms with Crippen LogP contribution in [0.3, 0.4) is 0 Å². The van der Waals surface area contributed by atoms with Gasteiger partial charge in [-0.2, -0.15) is 4.98 Å². The Balaban J connectivity index is 1.75. The molecule has 0 aromatic carbocycles. The van der Waals surface area contributed by atoms with Gasteiger partial charge in [-0.3, -0.25) is 14.2 Å². The number of carbonyl (C=O) groups is 1. The minimum atomic E-state index is -0.269. The fourth-order valence-corrected chi connectivity index (χ4v) is 3.62. The molecule has 2 atom stereocenters. The van der Waals surface area contributed by atoms with Crippen molar-refractivity contribution >= 4 is 5.91 Å². The zero-order valence-electron chi connectivity index (χ0n) is 15.7. The molecule has 2 aromatic heterocycles. The number of aromatic nitrogens is 4. The van der Waals surface area contributed by atoms with E-state index in [1.54, 1.807) is 13.8 Å². The van der Waals surface area contributed by atoms with Crippen molar-refractivity contribution in [3.05, 3.63) is 28.2 Å². The molecule has 1 saturated heterocycles. The van der Waals surface area contributed by atoms with Crippen molar-refractivity contribution in [1.82, 2.24) is 24.6 Å². The average Bonchev–Trinajstić information content (AvgIpc) is 2.99. The summed E-state index contributed by atoms with van der Waals surface area (Å²) in [6, 6.07) is 0. The van der Waals surface area contributed by atoms with Crippen LogP contribution in [0.2, 0.25) is 0 Å². The first-order chi connectivity index (χ1) is 12.3. The standard InChI is InChI=1S/C18H25N5O3/c1-11-7-12(2)10-22(9-11)16(24)5-6-23-14(4)19-8-15(18(23)25)17-20-13(3)21-26-17/h8,11-12H,5-7,9-10H2,1-4H3. The summed E-state index contributed by atoms with van der Waals surface area (Å²) in [5, 5.41) is 3.71. The van der Waals surface area contributed by atoms with Gasteiger partial charge in [-0.25, -0.2) is 4.98 Å². The number of carbonyl (C=O) groups excluding carboxylic acids is 1. The summed E-state index contributed by atoms with van der Waals surface area (Å²) < 4.78 is 6.58. The van der Waals surface area contributed by atoms with E-state index in [0.29, 0.717) is 23.5 Å². The summed E-state index contributed by atoms with van der Waals surface area (Å²) in [7, 11) is 0. The molecule has 0 N–H and O–H groups in total. The van der Waals surface area contributed by atoms with E-state index < -0.39 is 0 Å². The highest BCUT2D eigenvalue weighted by atomic mass is 16.5. The molecular formula is C18H25N5O3. The molecule has 8 heteroatoms. The monoisotopic (exact) mass is 359 g/mol. The molecule has 3 rings (SSSR count). The van der Waals surface area contributed by atoms with Gasteiger partial charge in [0.1, 0.15) is 11.4 Å². The molecule has 2 aromatic rings. The lowest BCUT2D eigenvalue weighted by Gasteiger charge is -2.35. The SMILES string of the molecule is Cc1noc(-c2cnc(C)n(CCC(=O)N3CC(C)CC(C)C3)c2=O)n1. The number of aryl methyl sites for hydroxylation is 2. The summed E-state index contributed by atoms with van der Waals surface area (Å²) in [5.41, 5.74) is -0.0156. The van der Waals surface area contributed by atoms with Crippen molar-refractivity contribution in [2.24, 2.45) is 11.8 Å². The van der Waals surface area contributed by atoms with E-state index in [0.717, 1.165) is 19.5 Å². The molecule has 0 saturated carbocycles. The Bertz CT molecular complexity index is 847. The highest BCUT2D eigenvalue weighted by Gasteiger charge is 2.25. The van der Waals surface area contributed by atoms with Gasteiger partial charge >= 0.3 is 0 Å². The van der Waals surface area contributed by atoms with E-state index in [1.807, 2.05) is 4.90 Å². The third kappa shape index (κ3) is 3.84. The Morgan fingerprint density at radius 3 is 2.58 bits per heavy atom. The molecule has 0 spiro atoms. The number of amides is 1. The lowest BCUT2D eigenvalue weighted by molar-refractivity contribution is -0.134. The van der Waals surface area contributed by atoms with Crippen LogP contribution in [-0.2, 0) is 11.3 Å². The topological polar surface area (TPSA) is 94.1 Å². The van der Waals surface area contributed by atoms with Crippen molar-refractivity contribution in [3.63, 3.8) is 0 Å². The van der Waals surface area contributed by atoms with Crippen molar-refractivity contribution < 1.29 is 9.32 Å². The van der Waals surface area contributed by atoms with E-state index >= 15 is 0 Å². The van der Waals surface area contributed by atoms with Gasteiger partial charge in [-0.15, -0.1) is 0 Å². The Morgan fingerprint density at radius 2 is 1.96 bits per heavy atom. The molecule has 1 amide bonds. The second-order valence-electron chi connectivity index (χ2n) is 7.32. The third-order valence-corrected chi connectivity index (χ3v) is 4.78. The molecular weight excluding hydrogens is 334 g/mol. The summed E-state index contributed by atoms with van der Waals surface area (Å²) in [4.78, 5) is 35.6. The average molecular weight is 359 g/mol. The number of rotatable bonds is 4. The second-order valence-corrected chi connectivity index (χ2v) is 7.32. The van der Waals surface area contributed by atoms with Crippen LogP contribution in [-0.4, -0.2) is 43.6 Å². The van der Waals surface area contributed by atoms with Crippen molar-refractivity contribution in [2.75, 3.05) is 13.1 Å². The van der Waals surface area contributed by atoms with Gasteiger partial charge in [-0.1, -0.05) is 19.0 Å². The summed E-state index contributed by atoms with van der Waals surface area (Å²) in [6.07, 6.45) is 2.86. The molecule has 0 aliphatic carbocycles. The highest BCUT2D eigenvalue weighted by Crippen LogP contribution is 2.21. The van der Waals surface area contributed by atoms with Gasteiger partial charge in [0.15, 0.2) is 5.82 Å². The molecule has 3 heterocycles. The molecule has 0 radical (unpaired) electrons. The maximum Gasteiger partial charge on any atom is 0.266 e. The zero-order chi connectivity index (χ0) is 18.8. The van der Waals surface area contributed by atoms with Gasteiger partial charge in [0.2, 0.25) is 5.91 Å². The van der Waals surface area contributed by atoms with Crippen molar-refractivity contribution in [1.29, 1.82) is 0 Å². The Hall–Kier alpha value is -2.51. The number of nitrogens with zero attached hydrogens (tertiary/aromatic N) is 5. The van der Waals surface area contributed by atoms with Gasteiger partial charge < -0.3 is 9.42 Å². The van der Waals surface area contributed by atoms with Crippen LogP contribution >= 0.6 is 0 Å². The fraction of sp³-hybridized carbons (Fsp3) is 0.611. The summed E-state index contributed by atoms with van der Waals surface area (Å²) in [5.74, 6) is 2.27. The Labute approximate surface area is 152 Å². The third-order valence-electron chi connectivity index (χ3n) is 4.78. The molecule has 1 aliphatic heterocycles. The second kappa shape index (κ2) is 7.39. The molecule has 8 nitrogen and oxygen atoms in total. The molecule has 26 heavy (non-hydrogen) atoms. The quantitative estimate of drug-likeness (QED) is 0.826. The summed E-state index contributed by atoms with van der Waals surface area (Å²) in [6.45, 7) is 9.64. The lowest BCUT2D eigenvalue weighted by Crippen LogP contribution is -2.43. The van der Waals surface area contributed by atoms with Crippen LogP contribution in [0, 0.1) is 25.7 Å². The minimum Gasteiger partial charge on any atom is -0.342 e. The van der Waals surface area contributed by atoms with Crippen molar-refractivity contribution in [3.8, 4) is 11.5 Å². The van der Waals surface area contributed by atoms with E-state index in [4.69, 9.17) is 4.52 Å². The highest BCUT2D eigenvalue weighted by molar-refractivity contribution is 5.76. The molecule has 1 fully saturated rings. The summed E-state index contributed by atoms with van der Waals surface area (Å²) >= 11 is 0. The van der Waals surface area contributed by atoms with Gasteiger partial charge in [0, 0.05) is 32.3 Å². The molecule has 0 bridgehead atoms. The fourth-order valence-electron chi connectivity index (χ4n) is 3.62. The van der Waals surface area contributed by atoms with E-state index in [2.05, 4.69) is 29.0 Å². The minimum absolute atomic E-state index is 0.0775. The smallest absolute Gasteiger partial charge is 0.266 e. The number of likely N-dealkylation sites (tertiary alicyclic amines) is 1. The van der Waals surface area contributed by atoms with Crippen LogP contribution in [0.25, 0.3) is 11.5 Å². The van der Waals surface area contributed by atoms with Crippen molar-refractivity contribution in [2.45, 2.75) is 47.1 Å². The molecule has 2 unspecified atom stereocenters. The van der Waals surface area contributed by atoms with Crippen LogP contribution in [0.5, 0.6) is 0 Å². The van der Waals surface area contributed by atoms with E-state index in [-0.39, 0.29) is 35.9 Å². The largest absolute Gasteiger partial charge is 0.342 e. The predicted molar refractivity (Wildman–Crippen MR) is 95.4 cm³/mol. The normalized spacial score (nSPS) is 20.4. The first kappa shape index (κ1) is 18.3. The number of piperidine rings is 1. The number of hydrogen-bond acceptors (Lipinski definition) is 6. The van der Waals surface area contributed by atoms with Gasteiger partial charge in [0.25, 0.3) is 11.4 Å². The predicted octanol–water partition coefficient (Wildman–Crippen LogP) is 1.80. The zero-order valence-corrected chi connectivity index (χ0v) is 15.7. The lowest BCUT2D eigenvalue weighted by atomic mass is 9.92. The van der Waals surface area contributed by atoms with E-state index in [1.165, 1.54) is 10.8 Å². The van der Waals surface area contributed by atoms with Crippen LogP contribution in [0.1, 0.15) is 38.3 Å². The maximum absolute atomic E-state index is 12.8. The Morgan fingerprint density at radius 1 is 1.27 bits per heavy atom. The number of hydrogen-bond donors (Lipinski definition) is 0. The van der Waals surface area contributed by atoms with Crippen LogP contribution in [0.15, 0.2) is 15.5 Å². The first-order valence-corrected chi connectivity index (χ1v) is 9.00. The maximum atomic E-state index is 12.8. The van der Waals surface area contributed by atoms with E-state index in [9.17, 15) is 9.59 Å². The van der Waals surface area contributed by atoms with Gasteiger partial charge in [0.05, 0.1) is 0 Å². The molecule has 140 valence electrons. The first-order valence-electron chi connectivity index (χ1n) is 9.00. The Kier molecular flexibility index (Phi) is 5.20. The van der Waals surface area contributed by atoms with Gasteiger partial charge in [-0.05, 0) is 32.1 Å². The van der Waals surface area contributed by atoms with Crippen LogP contribution < -0.4 is 5.56 Å². The molecule has 1 aliphatic rings. The van der Waals surface area contributed by atoms with Crippen LogP contribution in [0.4, 0.5) is 0 Å².